The van der Waals surface area contributed by atoms with Gasteiger partial charge in [-0.05, 0) is 46.7 Å². The molecule has 0 radical (unpaired) electrons. The Balaban J connectivity index is 2.30. The van der Waals surface area contributed by atoms with Gasteiger partial charge in [0, 0.05) is 6.07 Å². The van der Waals surface area contributed by atoms with Crippen molar-refractivity contribution in [1.82, 2.24) is 9.55 Å². The lowest BCUT2D eigenvalue weighted by Crippen LogP contribution is -2.04. The van der Waals surface area contributed by atoms with E-state index in [2.05, 4.69) is 18.0 Å². The Morgan fingerprint density at radius 3 is 2.81 bits per heavy atom. The van der Waals surface area contributed by atoms with Gasteiger partial charge in [0.1, 0.15) is 5.82 Å². The number of nitrogen functional groups attached to an aromatic ring is 1. The highest BCUT2D eigenvalue weighted by Gasteiger charge is 2.14. The van der Waals surface area contributed by atoms with Gasteiger partial charge in [0.2, 0.25) is 5.95 Å². The molecule has 5 heteroatoms. The van der Waals surface area contributed by atoms with Crippen LogP contribution < -0.4 is 5.73 Å². The highest BCUT2D eigenvalue weighted by molar-refractivity contribution is 14.1. The summed E-state index contributed by atoms with van der Waals surface area (Å²) < 4.78 is 16.3. The Morgan fingerprint density at radius 1 is 1.29 bits per heavy atom. The van der Waals surface area contributed by atoms with Crippen LogP contribution >= 0.6 is 22.6 Å². The third kappa shape index (κ3) is 2.50. The minimum absolute atomic E-state index is 0.253. The molecular weight excluding hydrogens is 380 g/mol. The molecule has 0 atom stereocenters. The first-order valence-corrected chi connectivity index (χ1v) is 7.91. The van der Waals surface area contributed by atoms with Crippen molar-refractivity contribution in [1.29, 1.82) is 0 Å². The summed E-state index contributed by atoms with van der Waals surface area (Å²) in [6, 6.07) is 11.3. The predicted octanol–water partition coefficient (Wildman–Crippen LogP) is 4.30. The molecule has 3 aromatic rings. The van der Waals surface area contributed by atoms with Gasteiger partial charge >= 0.3 is 0 Å². The van der Waals surface area contributed by atoms with Crippen molar-refractivity contribution in [3.05, 3.63) is 51.3 Å². The van der Waals surface area contributed by atoms with Crippen molar-refractivity contribution in [2.24, 2.45) is 0 Å². The molecular formula is C16H15FIN3. The zero-order chi connectivity index (χ0) is 15.0. The summed E-state index contributed by atoms with van der Waals surface area (Å²) in [7, 11) is 0. The van der Waals surface area contributed by atoms with E-state index in [1.807, 2.05) is 45.4 Å². The Hall–Kier alpha value is -1.63. The van der Waals surface area contributed by atoms with Crippen molar-refractivity contribution in [2.75, 3.05) is 5.73 Å². The molecule has 3 nitrogen and oxygen atoms in total. The van der Waals surface area contributed by atoms with E-state index in [4.69, 9.17) is 5.73 Å². The van der Waals surface area contributed by atoms with Crippen molar-refractivity contribution >= 4 is 39.6 Å². The van der Waals surface area contributed by atoms with Crippen molar-refractivity contribution < 1.29 is 4.39 Å². The molecule has 2 aromatic carbocycles. The molecule has 0 saturated carbocycles. The third-order valence-electron chi connectivity index (χ3n) is 3.47. The zero-order valence-corrected chi connectivity index (χ0v) is 13.8. The second-order valence-corrected chi connectivity index (χ2v) is 6.10. The molecule has 1 aromatic heterocycles. The van der Waals surface area contributed by atoms with Crippen LogP contribution in [0.15, 0.2) is 36.4 Å². The molecule has 0 fully saturated rings. The largest absolute Gasteiger partial charge is 0.369 e. The average Bonchev–Trinajstić information content (AvgIpc) is 2.76. The van der Waals surface area contributed by atoms with Gasteiger partial charge < -0.3 is 5.73 Å². The molecule has 0 bridgehead atoms. The number of aryl methyl sites for hydroxylation is 1. The summed E-state index contributed by atoms with van der Waals surface area (Å²) in [5, 5.41) is 0. The lowest BCUT2D eigenvalue weighted by atomic mass is 10.1. The van der Waals surface area contributed by atoms with Crippen LogP contribution in [-0.2, 0) is 6.42 Å². The second kappa shape index (κ2) is 5.63. The van der Waals surface area contributed by atoms with E-state index in [1.54, 1.807) is 6.07 Å². The lowest BCUT2D eigenvalue weighted by Gasteiger charge is -2.12. The number of benzene rings is 2. The number of anilines is 1. The first-order chi connectivity index (χ1) is 10.1. The standard InChI is InChI=1S/C16H15FIN3/c1-2-5-10-6-3-4-7-14(10)21-15-8-11(17)12(18)9-13(15)20-16(21)19/h3-4,6-9H,2,5H2,1H3,(H2,19,20). The number of halogens is 2. The van der Waals surface area contributed by atoms with Crippen LogP contribution in [0.4, 0.5) is 10.3 Å². The van der Waals surface area contributed by atoms with E-state index in [0.717, 1.165) is 18.5 Å². The number of rotatable bonds is 3. The van der Waals surface area contributed by atoms with Crippen LogP contribution in [-0.4, -0.2) is 9.55 Å². The fourth-order valence-electron chi connectivity index (χ4n) is 2.55. The maximum Gasteiger partial charge on any atom is 0.205 e. The number of fused-ring (bicyclic) bond motifs is 1. The van der Waals surface area contributed by atoms with Gasteiger partial charge in [-0.2, -0.15) is 0 Å². The minimum atomic E-state index is -0.253. The maximum absolute atomic E-state index is 13.9. The van der Waals surface area contributed by atoms with Gasteiger partial charge in [0.25, 0.3) is 0 Å². The number of aromatic nitrogens is 2. The van der Waals surface area contributed by atoms with E-state index in [-0.39, 0.29) is 5.82 Å². The number of para-hydroxylation sites is 1. The summed E-state index contributed by atoms with van der Waals surface area (Å²) in [5.74, 6) is 0.132. The summed E-state index contributed by atoms with van der Waals surface area (Å²) in [6.45, 7) is 2.13. The van der Waals surface area contributed by atoms with Crippen molar-refractivity contribution in [3.8, 4) is 5.69 Å². The summed E-state index contributed by atoms with van der Waals surface area (Å²) >= 11 is 1.96. The molecule has 1 heterocycles. The van der Waals surface area contributed by atoms with Gasteiger partial charge in [0.05, 0.1) is 20.3 Å². The van der Waals surface area contributed by atoms with Gasteiger partial charge in [-0.1, -0.05) is 31.5 Å². The number of nitrogens with zero attached hydrogens (tertiary/aromatic N) is 2. The number of hydrogen-bond donors (Lipinski definition) is 1. The van der Waals surface area contributed by atoms with E-state index < -0.39 is 0 Å². The molecule has 0 aliphatic heterocycles. The monoisotopic (exact) mass is 395 g/mol. The first-order valence-electron chi connectivity index (χ1n) is 6.83. The zero-order valence-electron chi connectivity index (χ0n) is 11.6. The van der Waals surface area contributed by atoms with Crippen LogP contribution in [0.3, 0.4) is 0 Å². The normalized spacial score (nSPS) is 11.2. The molecule has 0 saturated heterocycles. The molecule has 0 spiro atoms. The Bertz CT molecular complexity index is 811. The Kier molecular flexibility index (Phi) is 3.84. The van der Waals surface area contributed by atoms with Crippen molar-refractivity contribution in [3.63, 3.8) is 0 Å². The average molecular weight is 395 g/mol. The van der Waals surface area contributed by atoms with E-state index >= 15 is 0 Å². The van der Waals surface area contributed by atoms with Gasteiger partial charge in [-0.25, -0.2) is 9.37 Å². The van der Waals surface area contributed by atoms with Crippen molar-refractivity contribution in [2.45, 2.75) is 19.8 Å². The topological polar surface area (TPSA) is 43.8 Å². The fourth-order valence-corrected chi connectivity index (χ4v) is 3.00. The van der Waals surface area contributed by atoms with E-state index in [0.29, 0.717) is 20.6 Å². The maximum atomic E-state index is 13.9. The van der Waals surface area contributed by atoms with Crippen LogP contribution in [0.1, 0.15) is 18.9 Å². The third-order valence-corrected chi connectivity index (χ3v) is 4.30. The summed E-state index contributed by atoms with van der Waals surface area (Å²) in [4.78, 5) is 4.36. The van der Waals surface area contributed by atoms with Crippen LogP contribution in [0.25, 0.3) is 16.7 Å². The Labute approximate surface area is 136 Å². The molecule has 108 valence electrons. The lowest BCUT2D eigenvalue weighted by molar-refractivity contribution is 0.622. The molecule has 2 N–H and O–H groups in total. The SMILES string of the molecule is CCCc1ccccc1-n1c(N)nc2cc(I)c(F)cc21. The van der Waals surface area contributed by atoms with Crippen LogP contribution in [0, 0.1) is 9.39 Å². The molecule has 0 aliphatic carbocycles. The number of nitrogens with two attached hydrogens (primary N) is 1. The number of hydrogen-bond acceptors (Lipinski definition) is 2. The van der Waals surface area contributed by atoms with Crippen LogP contribution in [0.5, 0.6) is 0 Å². The van der Waals surface area contributed by atoms with E-state index in [9.17, 15) is 4.39 Å². The van der Waals surface area contributed by atoms with Crippen LogP contribution in [0.2, 0.25) is 0 Å². The molecule has 0 aliphatic rings. The summed E-state index contributed by atoms with van der Waals surface area (Å²) in [5.41, 5.74) is 9.65. The molecule has 0 unspecified atom stereocenters. The highest BCUT2D eigenvalue weighted by Crippen LogP contribution is 2.28. The smallest absolute Gasteiger partial charge is 0.205 e. The van der Waals surface area contributed by atoms with E-state index in [1.165, 1.54) is 11.6 Å². The summed E-state index contributed by atoms with van der Waals surface area (Å²) in [6.07, 6.45) is 1.98. The number of imidazole rings is 1. The molecule has 21 heavy (non-hydrogen) atoms. The fraction of sp³-hybridized carbons (Fsp3) is 0.188. The first kappa shape index (κ1) is 14.3. The van der Waals surface area contributed by atoms with Gasteiger partial charge in [-0.15, -0.1) is 0 Å². The second-order valence-electron chi connectivity index (χ2n) is 4.94. The van der Waals surface area contributed by atoms with Gasteiger partial charge in [-0.3, -0.25) is 4.57 Å². The highest BCUT2D eigenvalue weighted by atomic mass is 127. The molecule has 3 rings (SSSR count). The quantitative estimate of drug-likeness (QED) is 0.672. The predicted molar refractivity (Wildman–Crippen MR) is 92.2 cm³/mol. The molecule has 0 amide bonds. The Morgan fingerprint density at radius 2 is 2.05 bits per heavy atom. The minimum Gasteiger partial charge on any atom is -0.369 e. The van der Waals surface area contributed by atoms with Gasteiger partial charge in [0.15, 0.2) is 0 Å².